The summed E-state index contributed by atoms with van der Waals surface area (Å²) in [5, 5.41) is 18.4. The van der Waals surface area contributed by atoms with E-state index in [1.807, 2.05) is 0 Å². The Kier molecular flexibility index (Phi) is 3.44. The van der Waals surface area contributed by atoms with E-state index in [9.17, 15) is 14.3 Å². The molecule has 0 amide bonds. The monoisotopic (exact) mass is 206 g/mol. The number of aliphatic carboxylic acids is 1. The van der Waals surface area contributed by atoms with E-state index < -0.39 is 23.8 Å². The summed E-state index contributed by atoms with van der Waals surface area (Å²) in [6.07, 6.45) is -0.897. The molecule has 0 bridgehead atoms. The summed E-state index contributed by atoms with van der Waals surface area (Å²) in [4.78, 5) is 10.5. The van der Waals surface area contributed by atoms with E-state index in [1.54, 1.807) is 0 Å². The summed E-state index contributed by atoms with van der Waals surface area (Å²) in [5.74, 6) is -1.63. The highest BCUT2D eigenvalue weighted by Gasteiger charge is 2.49. The fourth-order valence-electron chi connectivity index (χ4n) is 1.97. The van der Waals surface area contributed by atoms with E-state index in [1.165, 1.54) is 7.11 Å². The summed E-state index contributed by atoms with van der Waals surface area (Å²) < 4.78 is 18.2. The van der Waals surface area contributed by atoms with Crippen LogP contribution in [0.15, 0.2) is 0 Å². The zero-order valence-corrected chi connectivity index (χ0v) is 8.07. The Labute approximate surface area is 81.7 Å². The van der Waals surface area contributed by atoms with Crippen molar-refractivity contribution in [3.05, 3.63) is 0 Å². The van der Waals surface area contributed by atoms with Gasteiger partial charge in [-0.2, -0.15) is 0 Å². The number of aliphatic hydroxyl groups is 1. The van der Waals surface area contributed by atoms with Gasteiger partial charge in [-0.05, 0) is 12.8 Å². The second-order valence-corrected chi connectivity index (χ2v) is 3.66. The third-order valence-electron chi connectivity index (χ3n) is 2.79. The van der Waals surface area contributed by atoms with Gasteiger partial charge in [-0.3, -0.25) is 0 Å². The fraction of sp³-hybridized carbons (Fsp3) is 0.889. The lowest BCUT2D eigenvalue weighted by atomic mass is 9.79. The van der Waals surface area contributed by atoms with Gasteiger partial charge in [0.25, 0.3) is 0 Å². The molecule has 1 saturated carbocycles. The van der Waals surface area contributed by atoms with Gasteiger partial charge in [0.2, 0.25) is 6.17 Å². The molecule has 1 aliphatic rings. The maximum atomic E-state index is 13.3. The lowest BCUT2D eigenvalue weighted by Gasteiger charge is -2.39. The van der Waals surface area contributed by atoms with Gasteiger partial charge in [-0.25, -0.2) is 9.18 Å². The zero-order valence-electron chi connectivity index (χ0n) is 8.07. The predicted octanol–water partition coefficient (Wildman–Crippen LogP) is 0.729. The fourth-order valence-corrected chi connectivity index (χ4v) is 1.97. The van der Waals surface area contributed by atoms with Crippen molar-refractivity contribution in [1.82, 2.24) is 0 Å². The Morgan fingerprint density at radius 1 is 1.64 bits per heavy atom. The Morgan fingerprint density at radius 3 is 2.79 bits per heavy atom. The third kappa shape index (κ3) is 1.88. The van der Waals surface area contributed by atoms with Crippen LogP contribution in [-0.4, -0.2) is 41.2 Å². The normalized spacial score (nSPS) is 35.2. The largest absolute Gasteiger partial charge is 0.479 e. The van der Waals surface area contributed by atoms with Crippen LogP contribution in [0.3, 0.4) is 0 Å². The number of rotatable bonds is 3. The molecule has 0 heterocycles. The molecular weight excluding hydrogens is 191 g/mol. The number of carboxylic acids is 1. The molecule has 82 valence electrons. The highest BCUT2D eigenvalue weighted by molar-refractivity contribution is 5.74. The van der Waals surface area contributed by atoms with Crippen LogP contribution in [0.1, 0.15) is 25.7 Å². The molecule has 4 nitrogen and oxygen atoms in total. The van der Waals surface area contributed by atoms with Gasteiger partial charge in [0, 0.05) is 7.11 Å². The van der Waals surface area contributed by atoms with Crippen molar-refractivity contribution in [3.8, 4) is 0 Å². The van der Waals surface area contributed by atoms with Crippen molar-refractivity contribution in [2.24, 2.45) is 0 Å². The van der Waals surface area contributed by atoms with Crippen LogP contribution >= 0.6 is 0 Å². The van der Waals surface area contributed by atoms with Gasteiger partial charge in [-0.15, -0.1) is 0 Å². The standard InChI is InChI=1S/C9H15FO4/c1-14-6-4-2-3-5-9(6,13)7(10)8(11)12/h6-7,13H,2-5H2,1H3,(H,11,12). The first-order valence-electron chi connectivity index (χ1n) is 4.64. The number of hydrogen-bond donors (Lipinski definition) is 2. The number of hydrogen-bond acceptors (Lipinski definition) is 3. The molecule has 2 N–H and O–H groups in total. The first-order valence-corrected chi connectivity index (χ1v) is 4.64. The van der Waals surface area contributed by atoms with Gasteiger partial charge in [0.15, 0.2) is 0 Å². The predicted molar refractivity (Wildman–Crippen MR) is 46.7 cm³/mol. The van der Waals surface area contributed by atoms with Gasteiger partial charge in [-0.1, -0.05) is 12.8 Å². The minimum Gasteiger partial charge on any atom is -0.479 e. The number of halogens is 1. The van der Waals surface area contributed by atoms with Gasteiger partial charge in [0.1, 0.15) is 5.60 Å². The molecule has 1 aliphatic carbocycles. The maximum absolute atomic E-state index is 13.3. The van der Waals surface area contributed by atoms with E-state index in [0.29, 0.717) is 12.8 Å². The number of carboxylic acid groups (broad SMARTS) is 1. The van der Waals surface area contributed by atoms with Crippen LogP contribution in [0.25, 0.3) is 0 Å². The summed E-state index contributed by atoms with van der Waals surface area (Å²) in [6.45, 7) is 0. The molecule has 0 saturated heterocycles. The number of carbonyl (C=O) groups is 1. The number of ether oxygens (including phenoxy) is 1. The van der Waals surface area contributed by atoms with Crippen molar-refractivity contribution in [1.29, 1.82) is 0 Å². The quantitative estimate of drug-likeness (QED) is 0.714. The first kappa shape index (κ1) is 11.4. The minimum absolute atomic E-state index is 0.138. The van der Waals surface area contributed by atoms with Crippen molar-refractivity contribution < 1.29 is 24.1 Å². The second kappa shape index (κ2) is 4.23. The van der Waals surface area contributed by atoms with Crippen LogP contribution in [0, 0.1) is 0 Å². The van der Waals surface area contributed by atoms with E-state index in [2.05, 4.69) is 0 Å². The van der Waals surface area contributed by atoms with Crippen LogP contribution < -0.4 is 0 Å². The molecule has 0 radical (unpaired) electrons. The van der Waals surface area contributed by atoms with Crippen LogP contribution in [0.5, 0.6) is 0 Å². The lowest BCUT2D eigenvalue weighted by molar-refractivity contribution is -0.179. The van der Waals surface area contributed by atoms with Gasteiger partial charge >= 0.3 is 5.97 Å². The molecule has 1 fully saturated rings. The summed E-state index contributed by atoms with van der Waals surface area (Å²) in [7, 11) is 1.36. The molecule has 0 aromatic carbocycles. The highest BCUT2D eigenvalue weighted by atomic mass is 19.1. The lowest BCUT2D eigenvalue weighted by Crippen LogP contribution is -2.55. The molecule has 0 aliphatic heterocycles. The van der Waals surface area contributed by atoms with Crippen LogP contribution in [0.2, 0.25) is 0 Å². The molecular formula is C9H15FO4. The van der Waals surface area contributed by atoms with E-state index >= 15 is 0 Å². The van der Waals surface area contributed by atoms with E-state index in [-0.39, 0.29) is 6.42 Å². The molecule has 5 heteroatoms. The molecule has 3 unspecified atom stereocenters. The second-order valence-electron chi connectivity index (χ2n) is 3.66. The molecule has 1 rings (SSSR count). The van der Waals surface area contributed by atoms with Gasteiger partial charge < -0.3 is 14.9 Å². The van der Waals surface area contributed by atoms with Crippen molar-refractivity contribution in [2.45, 2.75) is 43.6 Å². The smallest absolute Gasteiger partial charge is 0.341 e. The first-order chi connectivity index (χ1) is 6.52. The molecule has 0 spiro atoms. The molecule has 0 aromatic heterocycles. The topological polar surface area (TPSA) is 66.8 Å². The zero-order chi connectivity index (χ0) is 10.8. The Morgan fingerprint density at radius 2 is 2.29 bits per heavy atom. The third-order valence-corrected chi connectivity index (χ3v) is 2.79. The minimum atomic E-state index is -2.27. The maximum Gasteiger partial charge on any atom is 0.341 e. The van der Waals surface area contributed by atoms with E-state index in [4.69, 9.17) is 9.84 Å². The Balaban J connectivity index is 2.81. The average molecular weight is 206 g/mol. The average Bonchev–Trinajstić information content (AvgIpc) is 2.17. The van der Waals surface area contributed by atoms with Crippen LogP contribution in [0.4, 0.5) is 4.39 Å². The van der Waals surface area contributed by atoms with Crippen LogP contribution in [-0.2, 0) is 9.53 Å². The number of alkyl halides is 1. The summed E-state index contributed by atoms with van der Waals surface area (Å²) >= 11 is 0. The van der Waals surface area contributed by atoms with Crippen molar-refractivity contribution >= 4 is 5.97 Å². The van der Waals surface area contributed by atoms with Crippen molar-refractivity contribution in [2.75, 3.05) is 7.11 Å². The number of methoxy groups -OCH3 is 1. The summed E-state index contributed by atoms with van der Waals surface area (Å²) in [6, 6.07) is 0. The summed E-state index contributed by atoms with van der Waals surface area (Å²) in [5.41, 5.74) is -1.86. The molecule has 0 aromatic rings. The van der Waals surface area contributed by atoms with Crippen molar-refractivity contribution in [3.63, 3.8) is 0 Å². The Hall–Kier alpha value is -0.680. The van der Waals surface area contributed by atoms with E-state index in [0.717, 1.165) is 6.42 Å². The highest BCUT2D eigenvalue weighted by Crippen LogP contribution is 2.34. The molecule has 3 atom stereocenters. The molecule has 14 heavy (non-hydrogen) atoms. The van der Waals surface area contributed by atoms with Gasteiger partial charge in [0.05, 0.1) is 6.10 Å². The SMILES string of the molecule is COC1CCCCC1(O)C(F)C(=O)O. The Bertz CT molecular complexity index is 221.